The number of methoxy groups -OCH3 is 1. The first-order chi connectivity index (χ1) is 16.5. The number of nitrogens with zero attached hydrogens (tertiary/aromatic N) is 3. The lowest BCUT2D eigenvalue weighted by Gasteiger charge is -2.38. The summed E-state index contributed by atoms with van der Waals surface area (Å²) >= 11 is 0. The van der Waals surface area contributed by atoms with Crippen molar-refractivity contribution < 1.29 is 18.7 Å². The van der Waals surface area contributed by atoms with Crippen LogP contribution in [-0.4, -0.2) is 59.7 Å². The van der Waals surface area contributed by atoms with Crippen LogP contribution in [0.4, 0.5) is 14.9 Å². The summed E-state index contributed by atoms with van der Waals surface area (Å²) in [6, 6.07) is 16.9. The Hall–Kier alpha value is -3.65. The average Bonchev–Trinajstić information content (AvgIpc) is 3.32. The summed E-state index contributed by atoms with van der Waals surface area (Å²) in [5, 5.41) is 2.86. The number of carbonyl (C=O) groups excluding carboxylic acids is 2. The highest BCUT2D eigenvalue weighted by atomic mass is 19.1. The van der Waals surface area contributed by atoms with Gasteiger partial charge in [-0.2, -0.15) is 0 Å². The molecule has 34 heavy (non-hydrogen) atoms. The lowest BCUT2D eigenvalue weighted by atomic mass is 9.99. The van der Waals surface area contributed by atoms with E-state index in [0.29, 0.717) is 25.4 Å². The molecule has 1 N–H and O–H groups in total. The van der Waals surface area contributed by atoms with E-state index in [2.05, 4.69) is 9.88 Å². The fourth-order valence-electron chi connectivity index (χ4n) is 4.20. The average molecular weight is 465 g/mol. The van der Waals surface area contributed by atoms with E-state index in [9.17, 15) is 14.0 Å². The van der Waals surface area contributed by atoms with Crippen molar-refractivity contribution in [1.29, 1.82) is 0 Å². The number of hydrogen-bond donors (Lipinski definition) is 1. The summed E-state index contributed by atoms with van der Waals surface area (Å²) in [4.78, 5) is 29.8. The Bertz CT molecular complexity index is 1130. The predicted molar refractivity (Wildman–Crippen MR) is 128 cm³/mol. The molecule has 7 nitrogen and oxygen atoms in total. The van der Waals surface area contributed by atoms with Gasteiger partial charge in [0.15, 0.2) is 0 Å². The van der Waals surface area contributed by atoms with Crippen molar-refractivity contribution in [2.24, 2.45) is 0 Å². The summed E-state index contributed by atoms with van der Waals surface area (Å²) < 4.78 is 20.8. The fourth-order valence-corrected chi connectivity index (χ4v) is 4.20. The molecule has 0 fully saturated rings. The van der Waals surface area contributed by atoms with E-state index in [0.717, 1.165) is 16.8 Å². The molecular formula is C26H29FN4O3. The number of aromatic nitrogens is 1. The van der Waals surface area contributed by atoms with Crippen LogP contribution < -0.4 is 5.32 Å². The van der Waals surface area contributed by atoms with Crippen LogP contribution >= 0.6 is 0 Å². The number of anilines is 1. The fraction of sp³-hybridized carbons (Fsp3) is 0.308. The number of urea groups is 1. The van der Waals surface area contributed by atoms with Crippen LogP contribution in [0.1, 0.15) is 22.9 Å². The van der Waals surface area contributed by atoms with Gasteiger partial charge in [0.05, 0.1) is 12.6 Å². The van der Waals surface area contributed by atoms with Gasteiger partial charge in [0, 0.05) is 44.3 Å². The van der Waals surface area contributed by atoms with Crippen molar-refractivity contribution in [3.05, 3.63) is 89.5 Å². The second-order valence-electron chi connectivity index (χ2n) is 8.38. The van der Waals surface area contributed by atoms with Gasteiger partial charge in [-0.3, -0.25) is 4.79 Å². The third kappa shape index (κ3) is 5.28. The van der Waals surface area contributed by atoms with E-state index < -0.39 is 0 Å². The quantitative estimate of drug-likeness (QED) is 0.574. The van der Waals surface area contributed by atoms with E-state index in [1.165, 1.54) is 17.0 Å². The van der Waals surface area contributed by atoms with Crippen molar-refractivity contribution >= 4 is 17.6 Å². The first-order valence-corrected chi connectivity index (χ1v) is 11.3. The standard InChI is InChI=1S/C26H29FN4O3/c1-19-5-11-22(12-6-19)28-26(33)30(16-17-34-2)18-24(32)31-15-14-29-13-3-4-23(29)25(31)20-7-9-21(27)10-8-20/h3-13,25H,14-18H2,1-2H3,(H,28,33). The van der Waals surface area contributed by atoms with E-state index in [1.54, 1.807) is 24.1 Å². The molecule has 1 aromatic heterocycles. The van der Waals surface area contributed by atoms with Crippen LogP contribution in [0.15, 0.2) is 66.9 Å². The smallest absolute Gasteiger partial charge is 0.322 e. The highest BCUT2D eigenvalue weighted by Gasteiger charge is 2.33. The molecule has 178 valence electrons. The molecule has 4 rings (SSSR count). The van der Waals surface area contributed by atoms with E-state index in [1.807, 2.05) is 49.5 Å². The predicted octanol–water partition coefficient (Wildman–Crippen LogP) is 4.05. The highest BCUT2D eigenvalue weighted by Crippen LogP contribution is 2.32. The molecule has 0 aliphatic carbocycles. The van der Waals surface area contributed by atoms with Gasteiger partial charge in [-0.1, -0.05) is 29.8 Å². The van der Waals surface area contributed by atoms with Gasteiger partial charge in [-0.05, 0) is 48.9 Å². The number of nitrogens with one attached hydrogen (secondary N) is 1. The summed E-state index contributed by atoms with van der Waals surface area (Å²) in [6.07, 6.45) is 1.98. The molecule has 1 aliphatic rings. The molecular weight excluding hydrogens is 435 g/mol. The zero-order valence-electron chi connectivity index (χ0n) is 19.4. The number of aryl methyl sites for hydroxylation is 1. The number of ether oxygens (including phenoxy) is 1. The van der Waals surface area contributed by atoms with Crippen LogP contribution in [0.3, 0.4) is 0 Å². The van der Waals surface area contributed by atoms with E-state index in [4.69, 9.17) is 4.74 Å². The van der Waals surface area contributed by atoms with Crippen LogP contribution in [0.2, 0.25) is 0 Å². The van der Waals surface area contributed by atoms with Crippen molar-refractivity contribution in [3.8, 4) is 0 Å². The Morgan fingerprint density at radius 1 is 1.09 bits per heavy atom. The first kappa shape index (κ1) is 23.5. The monoisotopic (exact) mass is 464 g/mol. The van der Waals surface area contributed by atoms with Crippen LogP contribution in [0, 0.1) is 12.7 Å². The number of rotatable bonds is 7. The molecule has 3 aromatic rings. The molecule has 0 radical (unpaired) electrons. The maximum atomic E-state index is 13.6. The Balaban J connectivity index is 1.55. The largest absolute Gasteiger partial charge is 0.383 e. The number of halogens is 1. The van der Waals surface area contributed by atoms with Gasteiger partial charge >= 0.3 is 6.03 Å². The maximum Gasteiger partial charge on any atom is 0.322 e. The topological polar surface area (TPSA) is 66.8 Å². The van der Waals surface area contributed by atoms with Crippen molar-refractivity contribution in [2.75, 3.05) is 38.7 Å². The van der Waals surface area contributed by atoms with Gasteiger partial charge < -0.3 is 24.4 Å². The Morgan fingerprint density at radius 3 is 2.53 bits per heavy atom. The minimum absolute atomic E-state index is 0.0978. The zero-order chi connectivity index (χ0) is 24.1. The Morgan fingerprint density at radius 2 is 1.82 bits per heavy atom. The molecule has 0 saturated carbocycles. The molecule has 1 atom stereocenters. The number of fused-ring (bicyclic) bond motifs is 1. The molecule has 0 bridgehead atoms. The first-order valence-electron chi connectivity index (χ1n) is 11.3. The van der Waals surface area contributed by atoms with E-state index in [-0.39, 0.29) is 36.9 Å². The maximum absolute atomic E-state index is 13.6. The highest BCUT2D eigenvalue weighted by molar-refractivity contribution is 5.92. The second-order valence-corrected chi connectivity index (χ2v) is 8.38. The van der Waals surface area contributed by atoms with Gasteiger partial charge in [0.25, 0.3) is 0 Å². The third-order valence-corrected chi connectivity index (χ3v) is 6.03. The molecule has 2 heterocycles. The summed E-state index contributed by atoms with van der Waals surface area (Å²) in [7, 11) is 1.56. The minimum Gasteiger partial charge on any atom is -0.383 e. The second kappa shape index (κ2) is 10.5. The lowest BCUT2D eigenvalue weighted by molar-refractivity contribution is -0.134. The van der Waals surface area contributed by atoms with Crippen molar-refractivity contribution in [3.63, 3.8) is 0 Å². The van der Waals surface area contributed by atoms with E-state index >= 15 is 0 Å². The SMILES string of the molecule is COCCN(CC(=O)N1CCn2cccc2C1c1ccc(F)cc1)C(=O)Nc1ccc(C)cc1. The summed E-state index contributed by atoms with van der Waals surface area (Å²) in [5.41, 5.74) is 3.53. The Labute approximate surface area is 198 Å². The number of hydrogen-bond acceptors (Lipinski definition) is 3. The van der Waals surface area contributed by atoms with Crippen LogP contribution in [0.5, 0.6) is 0 Å². The molecule has 1 aliphatic heterocycles. The van der Waals surface area contributed by atoms with Crippen molar-refractivity contribution in [2.45, 2.75) is 19.5 Å². The zero-order valence-corrected chi connectivity index (χ0v) is 19.4. The van der Waals surface area contributed by atoms with Crippen LogP contribution in [-0.2, 0) is 16.1 Å². The Kier molecular flexibility index (Phi) is 7.27. The molecule has 0 spiro atoms. The minimum atomic E-state index is -0.368. The van der Waals surface area contributed by atoms with Crippen molar-refractivity contribution in [1.82, 2.24) is 14.4 Å². The molecule has 0 saturated heterocycles. The van der Waals surface area contributed by atoms with Gasteiger partial charge in [-0.25, -0.2) is 9.18 Å². The molecule has 2 aromatic carbocycles. The number of amides is 3. The van der Waals surface area contributed by atoms with Crippen LogP contribution in [0.25, 0.3) is 0 Å². The summed E-state index contributed by atoms with van der Waals surface area (Å²) in [6.45, 7) is 3.59. The van der Waals surface area contributed by atoms with Gasteiger partial charge in [0.1, 0.15) is 12.4 Å². The third-order valence-electron chi connectivity index (χ3n) is 6.03. The van der Waals surface area contributed by atoms with Gasteiger partial charge in [-0.15, -0.1) is 0 Å². The lowest BCUT2D eigenvalue weighted by Crippen LogP contribution is -2.49. The van der Waals surface area contributed by atoms with Gasteiger partial charge in [0.2, 0.25) is 5.91 Å². The number of benzene rings is 2. The number of carbonyl (C=O) groups is 2. The normalized spacial score (nSPS) is 15.0. The summed E-state index contributed by atoms with van der Waals surface area (Å²) in [5.74, 6) is -0.511. The molecule has 8 heteroatoms. The molecule has 1 unspecified atom stereocenters. The molecule has 3 amide bonds.